The Bertz CT molecular complexity index is 1040. The van der Waals surface area contributed by atoms with Crippen molar-refractivity contribution in [1.29, 1.82) is 0 Å². The topological polar surface area (TPSA) is 17.1 Å². The molecular weight excluding hydrogens is 463 g/mol. The molecule has 1 fully saturated rings. The number of halogens is 2. The highest BCUT2D eigenvalue weighted by molar-refractivity contribution is 8.20. The molecule has 0 bridgehead atoms. The molecule has 3 aromatic rings. The number of carbonyl (C=O) groups excluding carboxylic acids is 1. The lowest BCUT2D eigenvalue weighted by molar-refractivity contribution is 0.0973. The minimum atomic E-state index is -0.629. The molecule has 0 N–H and O–H groups in total. The number of benzene rings is 3. The normalized spacial score (nSPS) is 16.8. The minimum Gasteiger partial charge on any atom is -0.292 e. The molecule has 158 valence electrons. The average Bonchev–Trinajstić information content (AvgIpc) is 2.82. The fourth-order valence-corrected chi connectivity index (χ4v) is 7.44. The Hall–Kier alpha value is -1.65. The van der Waals surface area contributed by atoms with Crippen LogP contribution in [0.4, 0.5) is 0 Å². The molecule has 1 aliphatic heterocycles. The fraction of sp³-hybridized carbons (Fsp3) is 0.192. The van der Waals surface area contributed by atoms with Gasteiger partial charge in [-0.3, -0.25) is 4.79 Å². The quantitative estimate of drug-likeness (QED) is 0.327. The van der Waals surface area contributed by atoms with Crippen molar-refractivity contribution in [2.24, 2.45) is 0 Å². The molecule has 4 rings (SSSR count). The lowest BCUT2D eigenvalue weighted by atomic mass is 9.89. The van der Waals surface area contributed by atoms with E-state index < -0.39 is 4.08 Å². The zero-order valence-electron chi connectivity index (χ0n) is 16.8. The number of carbonyl (C=O) groups is 1. The number of Topliss-reactive ketones (excluding diaryl/α,β-unsaturated/α-hetero) is 1. The second-order valence-corrected chi connectivity index (χ2v) is 11.2. The maximum absolute atomic E-state index is 13.9. The molecule has 1 nitrogen and oxygen atoms in total. The van der Waals surface area contributed by atoms with Crippen LogP contribution in [-0.4, -0.2) is 21.4 Å². The summed E-state index contributed by atoms with van der Waals surface area (Å²) >= 11 is 15.8. The Morgan fingerprint density at radius 1 is 0.839 bits per heavy atom. The van der Waals surface area contributed by atoms with Crippen LogP contribution in [0.1, 0.15) is 33.8 Å². The van der Waals surface area contributed by atoms with E-state index in [4.69, 9.17) is 23.2 Å². The second-order valence-electron chi connectivity index (χ2n) is 7.35. The summed E-state index contributed by atoms with van der Waals surface area (Å²) in [6.07, 6.45) is 5.36. The maximum atomic E-state index is 13.9. The van der Waals surface area contributed by atoms with Gasteiger partial charge in [-0.1, -0.05) is 90.0 Å². The zero-order chi connectivity index (χ0) is 21.7. The second kappa shape index (κ2) is 10.3. The monoisotopic (exact) mass is 484 g/mol. The van der Waals surface area contributed by atoms with E-state index in [1.165, 1.54) is 0 Å². The third-order valence-corrected chi connectivity index (χ3v) is 9.20. The molecule has 1 heterocycles. The van der Waals surface area contributed by atoms with Gasteiger partial charge >= 0.3 is 0 Å². The van der Waals surface area contributed by atoms with Crippen LogP contribution in [0.3, 0.4) is 0 Å². The molecule has 0 radical (unpaired) electrons. The molecule has 5 heteroatoms. The number of thioether (sulfide) groups is 2. The van der Waals surface area contributed by atoms with Crippen molar-refractivity contribution in [3.8, 4) is 0 Å². The maximum Gasteiger partial charge on any atom is 0.189 e. The van der Waals surface area contributed by atoms with Crippen molar-refractivity contribution in [2.45, 2.75) is 16.4 Å². The Morgan fingerprint density at radius 3 is 2.03 bits per heavy atom. The number of ketones is 1. The van der Waals surface area contributed by atoms with Crippen LogP contribution in [-0.2, 0) is 0 Å². The van der Waals surface area contributed by atoms with Crippen LogP contribution < -0.4 is 0 Å². The van der Waals surface area contributed by atoms with Crippen LogP contribution in [0.15, 0.2) is 84.9 Å². The number of hydrogen-bond acceptors (Lipinski definition) is 3. The van der Waals surface area contributed by atoms with Crippen LogP contribution >= 0.6 is 46.7 Å². The lowest BCUT2D eigenvalue weighted by Gasteiger charge is -2.40. The molecule has 0 aromatic heterocycles. The van der Waals surface area contributed by atoms with Crippen molar-refractivity contribution < 1.29 is 4.79 Å². The highest BCUT2D eigenvalue weighted by atomic mass is 35.5. The summed E-state index contributed by atoms with van der Waals surface area (Å²) in [6.45, 7) is 0. The Kier molecular flexibility index (Phi) is 7.50. The molecule has 31 heavy (non-hydrogen) atoms. The van der Waals surface area contributed by atoms with E-state index in [1.54, 1.807) is 23.5 Å². The molecule has 0 unspecified atom stereocenters. The van der Waals surface area contributed by atoms with E-state index in [2.05, 4.69) is 12.2 Å². The molecule has 1 saturated heterocycles. The van der Waals surface area contributed by atoms with Crippen molar-refractivity contribution >= 4 is 58.6 Å². The summed E-state index contributed by atoms with van der Waals surface area (Å²) < 4.78 is -0.629. The highest BCUT2D eigenvalue weighted by Crippen LogP contribution is 2.54. The summed E-state index contributed by atoms with van der Waals surface area (Å²) in [6, 6.07) is 25.3. The number of hydrogen-bond donors (Lipinski definition) is 0. The van der Waals surface area contributed by atoms with Crippen LogP contribution in [0.2, 0.25) is 10.0 Å². The Labute approximate surface area is 202 Å². The van der Waals surface area contributed by atoms with E-state index in [0.717, 1.165) is 34.6 Å². The number of rotatable bonds is 6. The predicted molar refractivity (Wildman–Crippen MR) is 138 cm³/mol. The first-order chi connectivity index (χ1) is 15.1. The van der Waals surface area contributed by atoms with Crippen molar-refractivity contribution in [3.05, 3.63) is 112 Å². The summed E-state index contributed by atoms with van der Waals surface area (Å²) in [5, 5.41) is 1.40. The average molecular weight is 486 g/mol. The first-order valence-corrected chi connectivity index (χ1v) is 12.9. The molecular formula is C26H22Cl2OS2. The predicted octanol–water partition coefficient (Wildman–Crippen LogP) is 8.24. The first-order valence-electron chi connectivity index (χ1n) is 10.2. The largest absolute Gasteiger partial charge is 0.292 e. The van der Waals surface area contributed by atoms with E-state index in [1.807, 2.05) is 78.9 Å². The van der Waals surface area contributed by atoms with Gasteiger partial charge in [-0.2, -0.15) is 0 Å². The summed E-state index contributed by atoms with van der Waals surface area (Å²) in [7, 11) is 0. The van der Waals surface area contributed by atoms with E-state index >= 15 is 0 Å². The van der Waals surface area contributed by atoms with Crippen molar-refractivity contribution in [3.63, 3.8) is 0 Å². The van der Waals surface area contributed by atoms with Crippen molar-refractivity contribution in [1.82, 2.24) is 0 Å². The molecule has 0 saturated carbocycles. The zero-order valence-corrected chi connectivity index (χ0v) is 20.0. The standard InChI is InChI=1S/C26H22Cl2OS2/c27-22-12-7-19(8-13-22)9-16-24(20-10-14-23(28)15-11-20)26(30-17-4-18-31-26)25(29)21-5-2-1-3-6-21/h1-3,5-16,24H,4,17-18H2/b16-9+/t24-/m0/s1. The smallest absolute Gasteiger partial charge is 0.189 e. The van der Waals surface area contributed by atoms with Gasteiger partial charge in [0, 0.05) is 21.5 Å². The van der Waals surface area contributed by atoms with Crippen LogP contribution in [0, 0.1) is 0 Å². The summed E-state index contributed by atoms with van der Waals surface area (Å²) in [5.74, 6) is 1.99. The molecule has 0 spiro atoms. The van der Waals surface area contributed by atoms with Crippen LogP contribution in [0.25, 0.3) is 6.08 Å². The van der Waals surface area contributed by atoms with Gasteiger partial charge in [-0.25, -0.2) is 0 Å². The van der Waals surface area contributed by atoms with Crippen molar-refractivity contribution in [2.75, 3.05) is 11.5 Å². The highest BCUT2D eigenvalue weighted by Gasteiger charge is 2.47. The van der Waals surface area contributed by atoms with E-state index in [0.29, 0.717) is 10.0 Å². The minimum absolute atomic E-state index is 0.108. The molecule has 1 atom stereocenters. The first kappa shape index (κ1) is 22.5. The third kappa shape index (κ3) is 5.23. The van der Waals surface area contributed by atoms with Gasteiger partial charge in [0.25, 0.3) is 0 Å². The lowest BCUT2D eigenvalue weighted by Crippen LogP contribution is -2.40. The van der Waals surface area contributed by atoms with E-state index in [9.17, 15) is 4.79 Å². The summed E-state index contributed by atoms with van der Waals surface area (Å²) in [4.78, 5) is 13.9. The van der Waals surface area contributed by atoms with Crippen LogP contribution in [0.5, 0.6) is 0 Å². The van der Waals surface area contributed by atoms with Gasteiger partial charge in [0.1, 0.15) is 4.08 Å². The van der Waals surface area contributed by atoms with E-state index in [-0.39, 0.29) is 11.7 Å². The molecule has 0 aliphatic carbocycles. The fourth-order valence-electron chi connectivity index (χ4n) is 3.70. The Balaban J connectivity index is 1.80. The SMILES string of the molecule is O=C(c1ccccc1)C1([C@@H](/C=C/c2ccc(Cl)cc2)c2ccc(Cl)cc2)SCCCS1. The van der Waals surface area contributed by atoms with Gasteiger partial charge in [-0.05, 0) is 53.3 Å². The van der Waals surface area contributed by atoms with Gasteiger partial charge < -0.3 is 0 Å². The van der Waals surface area contributed by atoms with Gasteiger partial charge in [0.2, 0.25) is 0 Å². The number of allylic oxidation sites excluding steroid dienone is 1. The summed E-state index contributed by atoms with van der Waals surface area (Å²) in [5.41, 5.74) is 2.89. The third-order valence-electron chi connectivity index (χ3n) is 5.26. The van der Waals surface area contributed by atoms with Gasteiger partial charge in [0.15, 0.2) is 5.78 Å². The molecule has 0 amide bonds. The Morgan fingerprint density at radius 2 is 1.42 bits per heavy atom. The van der Waals surface area contributed by atoms with Gasteiger partial charge in [-0.15, -0.1) is 23.5 Å². The van der Waals surface area contributed by atoms with Gasteiger partial charge in [0.05, 0.1) is 0 Å². The molecule has 3 aromatic carbocycles. The molecule has 1 aliphatic rings.